The van der Waals surface area contributed by atoms with E-state index in [1.807, 2.05) is 93.6 Å². The van der Waals surface area contributed by atoms with Gasteiger partial charge in [-0.3, -0.25) is 9.59 Å². The summed E-state index contributed by atoms with van der Waals surface area (Å²) in [5, 5.41) is 3.11. The molecule has 0 radical (unpaired) electrons. The van der Waals surface area contributed by atoms with Crippen LogP contribution in [0, 0.1) is 0 Å². The van der Waals surface area contributed by atoms with Crippen LogP contribution < -0.4 is 5.32 Å². The van der Waals surface area contributed by atoms with Gasteiger partial charge in [-0.15, -0.1) is 0 Å². The second kappa shape index (κ2) is 13.7. The number of nitrogens with one attached hydrogen (secondary N) is 1. The molecule has 0 aliphatic carbocycles. The number of benzene rings is 3. The lowest BCUT2D eigenvalue weighted by atomic mass is 10.0. The number of halogens is 1. The van der Waals surface area contributed by atoms with Gasteiger partial charge in [0.05, 0.1) is 0 Å². The van der Waals surface area contributed by atoms with Crippen LogP contribution in [-0.4, -0.2) is 34.0 Å². The van der Waals surface area contributed by atoms with E-state index in [2.05, 4.69) is 33.4 Å². The average Bonchev–Trinajstić information content (AvgIpc) is 2.85. The van der Waals surface area contributed by atoms with Gasteiger partial charge in [-0.05, 0) is 49.6 Å². The molecule has 36 heavy (non-hydrogen) atoms. The van der Waals surface area contributed by atoms with E-state index in [0.717, 1.165) is 21.4 Å². The van der Waals surface area contributed by atoms with Gasteiger partial charge in [-0.1, -0.05) is 88.7 Å². The second-order valence-corrected chi connectivity index (χ2v) is 11.9. The van der Waals surface area contributed by atoms with Crippen LogP contribution in [0.2, 0.25) is 0 Å². The normalized spacial score (nSPS) is 12.1. The standard InChI is InChI=1S/C30H35BrN2O2S/c1-30(2,3)32-29(35)27(20-23-10-6-4-7-11-23)33(21-24-14-16-26(31)17-15-24)28(34)18-19-36-22-25-12-8-5-9-13-25/h4-17,27H,18-22H2,1-3H3,(H,32,35). The van der Waals surface area contributed by atoms with Gasteiger partial charge in [0.25, 0.3) is 0 Å². The topological polar surface area (TPSA) is 49.4 Å². The predicted octanol–water partition coefficient (Wildman–Crippen LogP) is 6.63. The number of hydrogen-bond donors (Lipinski definition) is 1. The summed E-state index contributed by atoms with van der Waals surface area (Å²) in [6, 6.07) is 27.5. The molecule has 4 nitrogen and oxygen atoms in total. The van der Waals surface area contributed by atoms with Crippen molar-refractivity contribution in [1.82, 2.24) is 10.2 Å². The van der Waals surface area contributed by atoms with E-state index in [-0.39, 0.29) is 11.8 Å². The molecule has 0 fully saturated rings. The summed E-state index contributed by atoms with van der Waals surface area (Å²) >= 11 is 5.22. The zero-order chi connectivity index (χ0) is 26.0. The van der Waals surface area contributed by atoms with Crippen LogP contribution in [0.3, 0.4) is 0 Å². The van der Waals surface area contributed by atoms with Gasteiger partial charge in [0.1, 0.15) is 6.04 Å². The highest BCUT2D eigenvalue weighted by molar-refractivity contribution is 9.10. The molecule has 3 rings (SSSR count). The number of carbonyl (C=O) groups excluding carboxylic acids is 2. The van der Waals surface area contributed by atoms with Crippen molar-refractivity contribution in [3.8, 4) is 0 Å². The van der Waals surface area contributed by atoms with Crippen LogP contribution in [0.15, 0.2) is 89.4 Å². The summed E-state index contributed by atoms with van der Waals surface area (Å²) in [4.78, 5) is 29.0. The van der Waals surface area contributed by atoms with Gasteiger partial charge in [0, 0.05) is 40.9 Å². The molecule has 3 aromatic rings. The predicted molar refractivity (Wildman–Crippen MR) is 154 cm³/mol. The van der Waals surface area contributed by atoms with Crippen LogP contribution in [0.4, 0.5) is 0 Å². The molecule has 190 valence electrons. The number of carbonyl (C=O) groups is 2. The van der Waals surface area contributed by atoms with Crippen molar-refractivity contribution in [1.29, 1.82) is 0 Å². The average molecular weight is 568 g/mol. The lowest BCUT2D eigenvalue weighted by molar-refractivity contribution is -0.141. The Morgan fingerprint density at radius 1 is 0.861 bits per heavy atom. The summed E-state index contributed by atoms with van der Waals surface area (Å²) in [5.41, 5.74) is 2.86. The monoisotopic (exact) mass is 566 g/mol. The molecular formula is C30H35BrN2O2S. The van der Waals surface area contributed by atoms with Crippen LogP contribution in [0.25, 0.3) is 0 Å². The third kappa shape index (κ3) is 9.47. The molecule has 0 heterocycles. The largest absolute Gasteiger partial charge is 0.350 e. The molecule has 1 N–H and O–H groups in total. The quantitative estimate of drug-likeness (QED) is 0.265. The van der Waals surface area contributed by atoms with Crippen molar-refractivity contribution in [2.45, 2.75) is 57.5 Å². The molecule has 1 unspecified atom stereocenters. The van der Waals surface area contributed by atoms with Crippen molar-refractivity contribution < 1.29 is 9.59 Å². The summed E-state index contributed by atoms with van der Waals surface area (Å²) in [6.07, 6.45) is 0.838. The molecule has 0 saturated heterocycles. The first-order valence-electron chi connectivity index (χ1n) is 12.2. The van der Waals surface area contributed by atoms with Gasteiger partial charge in [0.2, 0.25) is 11.8 Å². The van der Waals surface area contributed by atoms with Gasteiger partial charge in [-0.25, -0.2) is 0 Å². The van der Waals surface area contributed by atoms with Crippen LogP contribution >= 0.6 is 27.7 Å². The van der Waals surface area contributed by atoms with Gasteiger partial charge >= 0.3 is 0 Å². The molecule has 3 aromatic carbocycles. The van der Waals surface area contributed by atoms with Crippen LogP contribution in [0.1, 0.15) is 43.9 Å². The lowest BCUT2D eigenvalue weighted by Crippen LogP contribution is -2.54. The summed E-state index contributed by atoms with van der Waals surface area (Å²) in [5.74, 6) is 1.42. The Balaban J connectivity index is 1.81. The fourth-order valence-corrected chi connectivity index (χ4v) is 5.02. The molecule has 0 aliphatic rings. The van der Waals surface area contributed by atoms with Crippen molar-refractivity contribution in [2.24, 2.45) is 0 Å². The maximum Gasteiger partial charge on any atom is 0.243 e. The first kappa shape index (κ1) is 28.0. The fourth-order valence-electron chi connectivity index (χ4n) is 3.86. The minimum atomic E-state index is -0.609. The molecular weight excluding hydrogens is 532 g/mol. The fraction of sp³-hybridized carbons (Fsp3) is 0.333. The molecule has 0 spiro atoms. The first-order valence-corrected chi connectivity index (χ1v) is 14.2. The van der Waals surface area contributed by atoms with E-state index in [0.29, 0.717) is 25.1 Å². The SMILES string of the molecule is CC(C)(C)NC(=O)C(Cc1ccccc1)N(Cc1ccc(Br)cc1)C(=O)CCSCc1ccccc1. The Morgan fingerprint density at radius 2 is 1.44 bits per heavy atom. The van der Waals surface area contributed by atoms with E-state index in [4.69, 9.17) is 0 Å². The second-order valence-electron chi connectivity index (χ2n) is 9.88. The van der Waals surface area contributed by atoms with E-state index < -0.39 is 11.6 Å². The van der Waals surface area contributed by atoms with Crippen molar-refractivity contribution in [3.05, 3.63) is 106 Å². The number of rotatable bonds is 11. The van der Waals surface area contributed by atoms with Crippen molar-refractivity contribution in [2.75, 3.05) is 5.75 Å². The Kier molecular flexibility index (Phi) is 10.6. The Hall–Kier alpha value is -2.57. The highest BCUT2D eigenvalue weighted by atomic mass is 79.9. The molecule has 2 amide bonds. The van der Waals surface area contributed by atoms with E-state index in [1.54, 1.807) is 16.7 Å². The molecule has 6 heteroatoms. The van der Waals surface area contributed by atoms with E-state index in [1.165, 1.54) is 5.56 Å². The number of hydrogen-bond acceptors (Lipinski definition) is 3. The third-order valence-corrected chi connectivity index (χ3v) is 7.17. The number of amides is 2. The summed E-state index contributed by atoms with van der Waals surface area (Å²) in [6.45, 7) is 6.27. The minimum Gasteiger partial charge on any atom is -0.350 e. The molecule has 0 aliphatic heterocycles. The van der Waals surface area contributed by atoms with Gasteiger partial charge in [0.15, 0.2) is 0 Å². The van der Waals surface area contributed by atoms with Crippen molar-refractivity contribution >= 4 is 39.5 Å². The molecule has 0 aromatic heterocycles. The van der Waals surface area contributed by atoms with Crippen LogP contribution in [0.5, 0.6) is 0 Å². The van der Waals surface area contributed by atoms with E-state index in [9.17, 15) is 9.59 Å². The van der Waals surface area contributed by atoms with E-state index >= 15 is 0 Å². The smallest absolute Gasteiger partial charge is 0.243 e. The Labute approximate surface area is 228 Å². The minimum absolute atomic E-state index is 0.0107. The molecule has 0 saturated carbocycles. The highest BCUT2D eigenvalue weighted by Crippen LogP contribution is 2.20. The number of nitrogens with zero attached hydrogens (tertiary/aromatic N) is 1. The third-order valence-electron chi connectivity index (χ3n) is 5.61. The Morgan fingerprint density at radius 3 is 2.03 bits per heavy atom. The van der Waals surface area contributed by atoms with Crippen LogP contribution in [-0.2, 0) is 28.3 Å². The molecule has 1 atom stereocenters. The first-order chi connectivity index (χ1) is 17.2. The van der Waals surface area contributed by atoms with Gasteiger partial charge in [-0.2, -0.15) is 11.8 Å². The zero-order valence-corrected chi connectivity index (χ0v) is 23.6. The maximum atomic E-state index is 13.7. The highest BCUT2D eigenvalue weighted by Gasteiger charge is 2.32. The molecule has 0 bridgehead atoms. The van der Waals surface area contributed by atoms with Gasteiger partial charge < -0.3 is 10.2 Å². The zero-order valence-electron chi connectivity index (χ0n) is 21.2. The lowest BCUT2D eigenvalue weighted by Gasteiger charge is -2.34. The maximum absolute atomic E-state index is 13.7. The number of thioether (sulfide) groups is 1. The van der Waals surface area contributed by atoms with Crippen molar-refractivity contribution in [3.63, 3.8) is 0 Å². The summed E-state index contributed by atoms with van der Waals surface area (Å²) < 4.78 is 0.979. The Bertz CT molecular complexity index is 1100. The summed E-state index contributed by atoms with van der Waals surface area (Å²) in [7, 11) is 0.